The largest absolute Gasteiger partial charge is 0.490 e. The van der Waals surface area contributed by atoms with Crippen molar-refractivity contribution in [3.63, 3.8) is 0 Å². The zero-order chi connectivity index (χ0) is 20.3. The normalized spacial score (nSPS) is 21.0. The topological polar surface area (TPSA) is 59.1 Å². The average molecular weight is 386 g/mol. The Bertz CT molecular complexity index is 715. The third-order valence-corrected chi connectivity index (χ3v) is 5.03. The molecular formula is C22H30N2O4. The lowest BCUT2D eigenvalue weighted by atomic mass is 10.1. The summed E-state index contributed by atoms with van der Waals surface area (Å²) < 4.78 is 11.5. The first-order valence-electron chi connectivity index (χ1n) is 9.93. The molecule has 1 aromatic rings. The van der Waals surface area contributed by atoms with Gasteiger partial charge >= 0.3 is 6.09 Å². The van der Waals surface area contributed by atoms with Gasteiger partial charge in [0.15, 0.2) is 0 Å². The summed E-state index contributed by atoms with van der Waals surface area (Å²) in [7, 11) is 0. The third-order valence-electron chi connectivity index (χ3n) is 5.03. The van der Waals surface area contributed by atoms with Crippen molar-refractivity contribution in [2.24, 2.45) is 5.92 Å². The SMILES string of the molecule is C=CC1CC(=O)N(c2ccc(OC3CCN(C(=O)OC(C)(C)C)CC3)cc2)C1. The van der Waals surface area contributed by atoms with E-state index in [1.54, 1.807) is 9.80 Å². The average Bonchev–Trinajstić information content (AvgIpc) is 3.02. The summed E-state index contributed by atoms with van der Waals surface area (Å²) in [6, 6.07) is 7.66. The second kappa shape index (κ2) is 8.25. The van der Waals surface area contributed by atoms with E-state index in [-0.39, 0.29) is 24.0 Å². The van der Waals surface area contributed by atoms with Crippen molar-refractivity contribution in [3.8, 4) is 5.75 Å². The highest BCUT2D eigenvalue weighted by atomic mass is 16.6. The molecule has 6 nitrogen and oxygen atoms in total. The maximum absolute atomic E-state index is 12.1. The van der Waals surface area contributed by atoms with Gasteiger partial charge in [0.05, 0.1) is 0 Å². The van der Waals surface area contributed by atoms with Crippen LogP contribution in [-0.2, 0) is 9.53 Å². The first-order chi connectivity index (χ1) is 13.2. The minimum Gasteiger partial charge on any atom is -0.490 e. The predicted octanol–water partition coefficient (Wildman–Crippen LogP) is 4.00. The standard InChI is InChI=1S/C22H30N2O4/c1-5-16-14-20(25)24(15-16)17-6-8-18(9-7-17)27-19-10-12-23(13-11-19)21(26)28-22(2,3)4/h5-9,16,19H,1,10-15H2,2-4H3. The van der Waals surface area contributed by atoms with Crippen LogP contribution in [0, 0.1) is 5.92 Å². The van der Waals surface area contributed by atoms with Gasteiger partial charge in [0.1, 0.15) is 17.5 Å². The lowest BCUT2D eigenvalue weighted by Gasteiger charge is -2.33. The molecule has 0 aromatic heterocycles. The van der Waals surface area contributed by atoms with E-state index in [4.69, 9.17) is 9.47 Å². The van der Waals surface area contributed by atoms with Crippen molar-refractivity contribution in [2.75, 3.05) is 24.5 Å². The van der Waals surface area contributed by atoms with Crippen molar-refractivity contribution < 1.29 is 19.1 Å². The molecule has 0 bridgehead atoms. The number of benzene rings is 1. The lowest BCUT2D eigenvalue weighted by molar-refractivity contribution is -0.117. The van der Waals surface area contributed by atoms with Gasteiger partial charge in [0.25, 0.3) is 0 Å². The van der Waals surface area contributed by atoms with E-state index < -0.39 is 5.60 Å². The Morgan fingerprint density at radius 3 is 2.36 bits per heavy atom. The van der Waals surface area contributed by atoms with Gasteiger partial charge in [-0.3, -0.25) is 4.79 Å². The minimum atomic E-state index is -0.478. The summed E-state index contributed by atoms with van der Waals surface area (Å²) in [4.78, 5) is 27.8. The molecule has 2 amide bonds. The minimum absolute atomic E-state index is 0.0723. The van der Waals surface area contributed by atoms with Gasteiger partial charge < -0.3 is 19.3 Å². The number of hydrogen-bond donors (Lipinski definition) is 0. The molecule has 2 aliphatic heterocycles. The Kier molecular flexibility index (Phi) is 5.96. The Hall–Kier alpha value is -2.50. The van der Waals surface area contributed by atoms with Gasteiger partial charge in [0.2, 0.25) is 5.91 Å². The molecule has 1 atom stereocenters. The Morgan fingerprint density at radius 2 is 1.82 bits per heavy atom. The number of amides is 2. The van der Waals surface area contributed by atoms with Crippen molar-refractivity contribution in [1.29, 1.82) is 0 Å². The molecule has 6 heteroatoms. The Balaban J connectivity index is 1.50. The lowest BCUT2D eigenvalue weighted by Crippen LogP contribution is -2.44. The highest BCUT2D eigenvalue weighted by Crippen LogP contribution is 2.28. The van der Waals surface area contributed by atoms with Gasteiger partial charge in [0, 0.05) is 50.5 Å². The molecule has 152 valence electrons. The van der Waals surface area contributed by atoms with Crippen molar-refractivity contribution in [1.82, 2.24) is 4.90 Å². The molecule has 2 heterocycles. The molecule has 1 unspecified atom stereocenters. The first kappa shape index (κ1) is 20.2. The quantitative estimate of drug-likeness (QED) is 0.734. The molecule has 0 aliphatic carbocycles. The molecule has 1 aromatic carbocycles. The van der Waals surface area contributed by atoms with E-state index in [1.807, 2.05) is 51.1 Å². The fraction of sp³-hybridized carbons (Fsp3) is 0.545. The van der Waals surface area contributed by atoms with Crippen LogP contribution in [0.4, 0.5) is 10.5 Å². The number of hydrogen-bond acceptors (Lipinski definition) is 4. The van der Waals surface area contributed by atoms with Crippen LogP contribution in [-0.4, -0.2) is 48.2 Å². The molecule has 0 spiro atoms. The molecule has 2 fully saturated rings. The van der Waals surface area contributed by atoms with Crippen LogP contribution in [0.2, 0.25) is 0 Å². The third kappa shape index (κ3) is 5.06. The predicted molar refractivity (Wildman–Crippen MR) is 109 cm³/mol. The van der Waals surface area contributed by atoms with Crippen LogP contribution in [0.1, 0.15) is 40.0 Å². The maximum Gasteiger partial charge on any atom is 0.410 e. The molecule has 3 rings (SSSR count). The second-order valence-electron chi connectivity index (χ2n) is 8.48. The Morgan fingerprint density at radius 1 is 1.18 bits per heavy atom. The number of carbonyl (C=O) groups is 2. The van der Waals surface area contributed by atoms with Gasteiger partial charge in [-0.1, -0.05) is 6.08 Å². The van der Waals surface area contributed by atoms with Gasteiger partial charge in [-0.25, -0.2) is 4.79 Å². The zero-order valence-corrected chi connectivity index (χ0v) is 17.0. The summed E-state index contributed by atoms with van der Waals surface area (Å²) in [6.45, 7) is 11.3. The van der Waals surface area contributed by atoms with Gasteiger partial charge in [-0.15, -0.1) is 6.58 Å². The van der Waals surface area contributed by atoms with E-state index >= 15 is 0 Å². The number of anilines is 1. The fourth-order valence-electron chi connectivity index (χ4n) is 3.52. The van der Waals surface area contributed by atoms with E-state index in [2.05, 4.69) is 6.58 Å². The summed E-state index contributed by atoms with van der Waals surface area (Å²) in [6.07, 6.45) is 3.72. The van der Waals surface area contributed by atoms with Crippen LogP contribution in [0.3, 0.4) is 0 Å². The van der Waals surface area contributed by atoms with Crippen LogP contribution in [0.25, 0.3) is 0 Å². The van der Waals surface area contributed by atoms with Crippen molar-refractivity contribution >= 4 is 17.7 Å². The van der Waals surface area contributed by atoms with E-state index in [0.717, 1.165) is 24.3 Å². The fourth-order valence-corrected chi connectivity index (χ4v) is 3.52. The van der Waals surface area contributed by atoms with Crippen LogP contribution >= 0.6 is 0 Å². The molecule has 28 heavy (non-hydrogen) atoms. The van der Waals surface area contributed by atoms with Gasteiger partial charge in [-0.2, -0.15) is 0 Å². The molecule has 2 saturated heterocycles. The number of carbonyl (C=O) groups excluding carboxylic acids is 2. The number of rotatable bonds is 4. The molecule has 0 radical (unpaired) electrons. The van der Waals surface area contributed by atoms with E-state index in [1.165, 1.54) is 0 Å². The monoisotopic (exact) mass is 386 g/mol. The molecule has 0 saturated carbocycles. The maximum atomic E-state index is 12.1. The van der Waals surface area contributed by atoms with Gasteiger partial charge in [-0.05, 0) is 45.0 Å². The molecule has 2 aliphatic rings. The number of ether oxygens (including phenoxy) is 2. The summed E-state index contributed by atoms with van der Waals surface area (Å²) in [5.74, 6) is 1.14. The van der Waals surface area contributed by atoms with Crippen molar-refractivity contribution in [3.05, 3.63) is 36.9 Å². The summed E-state index contributed by atoms with van der Waals surface area (Å²) in [5.41, 5.74) is 0.413. The molecular weight excluding hydrogens is 356 g/mol. The van der Waals surface area contributed by atoms with Crippen LogP contribution < -0.4 is 9.64 Å². The van der Waals surface area contributed by atoms with Crippen LogP contribution in [0.5, 0.6) is 5.75 Å². The van der Waals surface area contributed by atoms with E-state index in [0.29, 0.717) is 26.1 Å². The number of likely N-dealkylation sites (tertiary alicyclic amines) is 1. The summed E-state index contributed by atoms with van der Waals surface area (Å²) >= 11 is 0. The molecule has 0 N–H and O–H groups in total. The van der Waals surface area contributed by atoms with Crippen molar-refractivity contribution in [2.45, 2.75) is 51.7 Å². The number of piperidine rings is 1. The first-order valence-corrected chi connectivity index (χ1v) is 9.93. The Labute approximate surface area is 167 Å². The highest BCUT2D eigenvalue weighted by molar-refractivity contribution is 5.96. The van der Waals surface area contributed by atoms with E-state index in [9.17, 15) is 9.59 Å². The summed E-state index contributed by atoms with van der Waals surface area (Å²) in [5, 5.41) is 0. The zero-order valence-electron chi connectivity index (χ0n) is 17.0. The van der Waals surface area contributed by atoms with Crippen LogP contribution in [0.15, 0.2) is 36.9 Å². The highest BCUT2D eigenvalue weighted by Gasteiger charge is 2.29. The second-order valence-corrected chi connectivity index (χ2v) is 8.48. The smallest absolute Gasteiger partial charge is 0.410 e. The number of nitrogens with zero attached hydrogens (tertiary/aromatic N) is 2.